The second kappa shape index (κ2) is 3.98. The van der Waals surface area contributed by atoms with Crippen molar-refractivity contribution in [1.29, 1.82) is 0 Å². The van der Waals surface area contributed by atoms with Gasteiger partial charge in [0.1, 0.15) is 11.7 Å². The zero-order valence-electron chi connectivity index (χ0n) is 9.51. The first-order chi connectivity index (χ1) is 8.10. The van der Waals surface area contributed by atoms with Crippen LogP contribution in [0.4, 0.5) is 0 Å². The van der Waals surface area contributed by atoms with Crippen LogP contribution >= 0.6 is 0 Å². The van der Waals surface area contributed by atoms with Crippen LogP contribution in [0.1, 0.15) is 19.8 Å². The number of carbonyl (C=O) groups is 3. The highest BCUT2D eigenvalue weighted by molar-refractivity contribution is 6.04. The lowest BCUT2D eigenvalue weighted by atomic mass is 9.94. The third kappa shape index (κ3) is 1.41. The molecule has 3 atom stereocenters. The Morgan fingerprint density at radius 1 is 1.65 bits per heavy atom. The molecule has 17 heavy (non-hydrogen) atoms. The fraction of sp³-hybridized carbons (Fsp3) is 0.583. The van der Waals surface area contributed by atoms with E-state index in [0.717, 1.165) is 0 Å². The predicted molar refractivity (Wildman–Crippen MR) is 57.1 cm³/mol. The second-order valence-electron chi connectivity index (χ2n) is 4.43. The summed E-state index contributed by atoms with van der Waals surface area (Å²) in [5.74, 6) is -2.43. The monoisotopic (exact) mass is 238 g/mol. The lowest BCUT2D eigenvalue weighted by Gasteiger charge is -2.14. The van der Waals surface area contributed by atoms with Crippen molar-refractivity contribution in [1.82, 2.24) is 0 Å². The summed E-state index contributed by atoms with van der Waals surface area (Å²) >= 11 is 0. The van der Waals surface area contributed by atoms with Crippen LogP contribution in [0.3, 0.4) is 0 Å². The highest BCUT2D eigenvalue weighted by Gasteiger charge is 2.75. The number of allylic oxidation sites excluding steroid dienone is 1. The summed E-state index contributed by atoms with van der Waals surface area (Å²) in [5, 5.41) is 9.07. The molecule has 2 aliphatic rings. The van der Waals surface area contributed by atoms with Gasteiger partial charge in [0.2, 0.25) is 0 Å². The molecule has 0 aromatic carbocycles. The van der Waals surface area contributed by atoms with Gasteiger partial charge in [0.05, 0.1) is 12.2 Å². The van der Waals surface area contributed by atoms with Crippen molar-refractivity contribution in [3.05, 3.63) is 11.6 Å². The van der Waals surface area contributed by atoms with E-state index in [4.69, 9.17) is 9.84 Å². The first-order valence-electron chi connectivity index (χ1n) is 5.67. The van der Waals surface area contributed by atoms with E-state index in [1.165, 1.54) is 6.08 Å². The first kappa shape index (κ1) is 11.8. The molecule has 0 bridgehead atoms. The zero-order valence-corrected chi connectivity index (χ0v) is 9.51. The summed E-state index contributed by atoms with van der Waals surface area (Å²) in [5.41, 5.74) is -1.16. The van der Waals surface area contributed by atoms with Gasteiger partial charge in [-0.15, -0.1) is 0 Å². The number of fused-ring (bicyclic) bond motifs is 1. The molecule has 2 aliphatic carbocycles. The van der Waals surface area contributed by atoms with Crippen LogP contribution in [0.5, 0.6) is 0 Å². The standard InChI is InChI=1S/C12H14O5/c1-2-5-17-11(16)12-7(9(12)6-13)3-4-8(12)10(14)15/h4,6-7,9H,2-3,5H2,1H3,(H,14,15)/t7-,9+,12-/m0/s1. The highest BCUT2D eigenvalue weighted by Crippen LogP contribution is 2.68. The molecule has 1 fully saturated rings. The van der Waals surface area contributed by atoms with Crippen LogP contribution in [0, 0.1) is 17.3 Å². The van der Waals surface area contributed by atoms with E-state index in [9.17, 15) is 14.4 Å². The molecule has 5 heteroatoms. The first-order valence-corrected chi connectivity index (χ1v) is 5.67. The largest absolute Gasteiger partial charge is 0.478 e. The average Bonchev–Trinajstić information content (AvgIpc) is 2.78. The molecule has 5 nitrogen and oxygen atoms in total. The fourth-order valence-corrected chi connectivity index (χ4v) is 2.79. The third-order valence-electron chi connectivity index (χ3n) is 3.61. The second-order valence-corrected chi connectivity index (χ2v) is 4.43. The van der Waals surface area contributed by atoms with Crippen molar-refractivity contribution >= 4 is 18.2 Å². The SMILES string of the molecule is CCCOC(=O)[C@]12C(C(=O)O)=CC[C@H]1[C@H]2C=O. The number of esters is 1. The number of carboxylic acid groups (broad SMARTS) is 1. The average molecular weight is 238 g/mol. The molecule has 0 heterocycles. The molecule has 0 aromatic rings. The Bertz CT molecular complexity index is 411. The molecule has 1 saturated carbocycles. The summed E-state index contributed by atoms with van der Waals surface area (Å²) in [6.07, 6.45) is 3.34. The topological polar surface area (TPSA) is 80.7 Å². The Morgan fingerprint density at radius 2 is 2.35 bits per heavy atom. The maximum absolute atomic E-state index is 12.0. The molecule has 0 spiro atoms. The number of carbonyl (C=O) groups excluding carboxylic acids is 2. The van der Waals surface area contributed by atoms with Crippen molar-refractivity contribution < 1.29 is 24.2 Å². The molecule has 0 radical (unpaired) electrons. The molecule has 0 aliphatic heterocycles. The van der Waals surface area contributed by atoms with Gasteiger partial charge < -0.3 is 14.6 Å². The van der Waals surface area contributed by atoms with E-state index in [-0.39, 0.29) is 18.1 Å². The van der Waals surface area contributed by atoms with Gasteiger partial charge in [-0.25, -0.2) is 4.79 Å². The van der Waals surface area contributed by atoms with Crippen molar-refractivity contribution in [2.75, 3.05) is 6.61 Å². The van der Waals surface area contributed by atoms with Gasteiger partial charge in [0, 0.05) is 5.92 Å². The Kier molecular flexibility index (Phi) is 2.77. The van der Waals surface area contributed by atoms with Crippen LogP contribution in [0.25, 0.3) is 0 Å². The number of rotatable bonds is 5. The van der Waals surface area contributed by atoms with Crippen molar-refractivity contribution in [3.8, 4) is 0 Å². The molecular formula is C12H14O5. The predicted octanol–water partition coefficient (Wildman–Crippen LogP) is 0.786. The number of aliphatic carboxylic acids is 1. The minimum atomic E-state index is -1.19. The van der Waals surface area contributed by atoms with Crippen molar-refractivity contribution in [2.24, 2.45) is 17.3 Å². The van der Waals surface area contributed by atoms with Crippen LogP contribution < -0.4 is 0 Å². The van der Waals surface area contributed by atoms with Crippen molar-refractivity contribution in [3.63, 3.8) is 0 Å². The summed E-state index contributed by atoms with van der Waals surface area (Å²) in [6.45, 7) is 2.11. The summed E-state index contributed by atoms with van der Waals surface area (Å²) in [4.78, 5) is 34.0. The van der Waals surface area contributed by atoms with Gasteiger partial charge >= 0.3 is 11.9 Å². The normalized spacial score (nSPS) is 33.6. The van der Waals surface area contributed by atoms with Gasteiger partial charge in [0.15, 0.2) is 0 Å². The zero-order chi connectivity index (χ0) is 12.6. The Labute approximate surface area is 98.4 Å². The maximum atomic E-state index is 12.0. The molecule has 2 rings (SSSR count). The third-order valence-corrected chi connectivity index (χ3v) is 3.61. The maximum Gasteiger partial charge on any atom is 0.332 e. The van der Waals surface area contributed by atoms with Crippen LogP contribution in [-0.4, -0.2) is 29.9 Å². The highest BCUT2D eigenvalue weighted by atomic mass is 16.5. The molecular weight excluding hydrogens is 224 g/mol. The Balaban J connectivity index is 2.26. The van der Waals surface area contributed by atoms with E-state index >= 15 is 0 Å². The molecule has 0 unspecified atom stereocenters. The lowest BCUT2D eigenvalue weighted by molar-refractivity contribution is -0.152. The smallest absolute Gasteiger partial charge is 0.332 e. The van der Waals surface area contributed by atoms with Crippen LogP contribution in [0.2, 0.25) is 0 Å². The fourth-order valence-electron chi connectivity index (χ4n) is 2.79. The minimum Gasteiger partial charge on any atom is -0.478 e. The summed E-state index contributed by atoms with van der Waals surface area (Å²) in [6, 6.07) is 0. The number of hydrogen-bond donors (Lipinski definition) is 1. The number of carboxylic acids is 1. The van der Waals surface area contributed by atoms with E-state index in [1.54, 1.807) is 0 Å². The number of hydrogen-bond acceptors (Lipinski definition) is 4. The van der Waals surface area contributed by atoms with Crippen molar-refractivity contribution in [2.45, 2.75) is 19.8 Å². The van der Waals surface area contributed by atoms with E-state index in [2.05, 4.69) is 0 Å². The Morgan fingerprint density at radius 3 is 2.82 bits per heavy atom. The van der Waals surface area contributed by atoms with Gasteiger partial charge in [0.25, 0.3) is 0 Å². The van der Waals surface area contributed by atoms with Crippen LogP contribution in [0.15, 0.2) is 11.6 Å². The van der Waals surface area contributed by atoms with E-state index in [1.807, 2.05) is 6.92 Å². The van der Waals surface area contributed by atoms with Gasteiger partial charge in [-0.2, -0.15) is 0 Å². The molecule has 0 amide bonds. The lowest BCUT2D eigenvalue weighted by Crippen LogP contribution is -2.27. The number of ether oxygens (including phenoxy) is 1. The van der Waals surface area contributed by atoms with Gasteiger partial charge in [-0.3, -0.25) is 4.79 Å². The molecule has 92 valence electrons. The number of aldehydes is 1. The Hall–Kier alpha value is -1.65. The van der Waals surface area contributed by atoms with Gasteiger partial charge in [-0.05, 0) is 18.8 Å². The van der Waals surface area contributed by atoms with E-state index < -0.39 is 23.3 Å². The molecule has 0 saturated heterocycles. The molecule has 0 aromatic heterocycles. The van der Waals surface area contributed by atoms with E-state index in [0.29, 0.717) is 19.1 Å². The summed E-state index contributed by atoms with van der Waals surface area (Å²) in [7, 11) is 0. The van der Waals surface area contributed by atoms with Crippen LogP contribution in [-0.2, 0) is 19.1 Å². The quantitative estimate of drug-likeness (QED) is 0.565. The van der Waals surface area contributed by atoms with Gasteiger partial charge in [-0.1, -0.05) is 13.0 Å². The molecule has 1 N–H and O–H groups in total. The minimum absolute atomic E-state index is 0.0284. The summed E-state index contributed by atoms with van der Waals surface area (Å²) < 4.78 is 5.03.